The highest BCUT2D eigenvalue weighted by molar-refractivity contribution is 14.1. The maximum atomic E-state index is 12.6. The molecule has 0 bridgehead atoms. The lowest BCUT2D eigenvalue weighted by Crippen LogP contribution is -2.14. The molecule has 0 spiro atoms. The average Bonchev–Trinajstić information content (AvgIpc) is 2.60. The second-order valence-corrected chi connectivity index (χ2v) is 6.38. The molecular formula is C20H16INO2. The first kappa shape index (κ1) is 16.5. The Morgan fingerprint density at radius 2 is 1.62 bits per heavy atom. The predicted octanol–water partition coefficient (Wildman–Crippen LogP) is 5.64. The maximum absolute atomic E-state index is 12.6. The van der Waals surface area contributed by atoms with Gasteiger partial charge in [-0.3, -0.25) is 4.79 Å². The minimum atomic E-state index is -0.146. The molecule has 24 heavy (non-hydrogen) atoms. The van der Waals surface area contributed by atoms with Crippen molar-refractivity contribution in [3.8, 4) is 11.5 Å². The summed E-state index contributed by atoms with van der Waals surface area (Å²) in [5.41, 5.74) is 2.38. The van der Waals surface area contributed by atoms with Crippen LogP contribution in [-0.4, -0.2) is 5.91 Å². The number of rotatable bonds is 4. The molecule has 0 fully saturated rings. The summed E-state index contributed by atoms with van der Waals surface area (Å²) in [6, 6.07) is 22.6. The summed E-state index contributed by atoms with van der Waals surface area (Å²) in [6.45, 7) is 1.99. The molecule has 0 aliphatic carbocycles. The van der Waals surface area contributed by atoms with E-state index < -0.39 is 0 Å². The number of hydrogen-bond donors (Lipinski definition) is 1. The van der Waals surface area contributed by atoms with E-state index in [1.807, 2.05) is 79.7 Å². The molecule has 0 saturated heterocycles. The molecule has 1 N–H and O–H groups in total. The van der Waals surface area contributed by atoms with Gasteiger partial charge in [0.15, 0.2) is 5.75 Å². The van der Waals surface area contributed by atoms with Crippen molar-refractivity contribution in [2.75, 3.05) is 5.32 Å². The molecule has 0 saturated carbocycles. The van der Waals surface area contributed by atoms with Crippen molar-refractivity contribution in [3.63, 3.8) is 0 Å². The van der Waals surface area contributed by atoms with Crippen molar-refractivity contribution in [3.05, 3.63) is 87.5 Å². The lowest BCUT2D eigenvalue weighted by Gasteiger charge is -2.13. The third kappa shape index (κ3) is 3.76. The van der Waals surface area contributed by atoms with Crippen LogP contribution in [0.3, 0.4) is 0 Å². The summed E-state index contributed by atoms with van der Waals surface area (Å²) in [5, 5.41) is 2.95. The Kier molecular flexibility index (Phi) is 5.15. The van der Waals surface area contributed by atoms with Crippen molar-refractivity contribution in [2.24, 2.45) is 0 Å². The first-order valence-electron chi connectivity index (χ1n) is 7.53. The van der Waals surface area contributed by atoms with Crippen LogP contribution in [-0.2, 0) is 0 Å². The zero-order valence-electron chi connectivity index (χ0n) is 13.1. The number of halogens is 1. The van der Waals surface area contributed by atoms with E-state index in [1.54, 1.807) is 0 Å². The van der Waals surface area contributed by atoms with Gasteiger partial charge in [-0.15, -0.1) is 0 Å². The summed E-state index contributed by atoms with van der Waals surface area (Å²) < 4.78 is 6.84. The molecule has 3 aromatic rings. The topological polar surface area (TPSA) is 38.3 Å². The van der Waals surface area contributed by atoms with Crippen LogP contribution in [0.2, 0.25) is 0 Å². The third-order valence-electron chi connectivity index (χ3n) is 3.54. The summed E-state index contributed by atoms with van der Waals surface area (Å²) in [7, 11) is 0. The van der Waals surface area contributed by atoms with E-state index in [-0.39, 0.29) is 5.91 Å². The molecule has 1 amide bonds. The number of ether oxygens (including phenoxy) is 1. The fourth-order valence-electron chi connectivity index (χ4n) is 2.29. The lowest BCUT2D eigenvalue weighted by atomic mass is 10.1. The van der Waals surface area contributed by atoms with Crippen molar-refractivity contribution in [1.29, 1.82) is 0 Å². The zero-order valence-corrected chi connectivity index (χ0v) is 15.3. The first-order valence-corrected chi connectivity index (χ1v) is 8.61. The Morgan fingerprint density at radius 1 is 0.917 bits per heavy atom. The first-order chi connectivity index (χ1) is 11.6. The molecule has 0 aromatic heterocycles. The van der Waals surface area contributed by atoms with Gasteiger partial charge in [-0.1, -0.05) is 42.5 Å². The molecule has 0 radical (unpaired) electrons. The van der Waals surface area contributed by atoms with Crippen LogP contribution in [0, 0.1) is 10.5 Å². The molecule has 0 aliphatic heterocycles. The SMILES string of the molecule is Cc1cccc(C(=O)Nc2ccccc2Oc2ccccc2)c1I. The van der Waals surface area contributed by atoms with E-state index in [0.29, 0.717) is 17.0 Å². The van der Waals surface area contributed by atoms with Gasteiger partial charge in [-0.25, -0.2) is 0 Å². The summed E-state index contributed by atoms with van der Waals surface area (Å²) >= 11 is 2.20. The number of carbonyl (C=O) groups is 1. The fourth-order valence-corrected chi connectivity index (χ4v) is 2.89. The van der Waals surface area contributed by atoms with Crippen LogP contribution in [0.15, 0.2) is 72.8 Å². The highest BCUT2D eigenvalue weighted by Gasteiger charge is 2.14. The van der Waals surface area contributed by atoms with Gasteiger partial charge in [0.05, 0.1) is 11.3 Å². The number of nitrogens with one attached hydrogen (secondary N) is 1. The number of amides is 1. The Balaban J connectivity index is 1.85. The monoisotopic (exact) mass is 429 g/mol. The molecule has 0 unspecified atom stereocenters. The average molecular weight is 429 g/mol. The van der Waals surface area contributed by atoms with Gasteiger partial charge in [-0.2, -0.15) is 0 Å². The smallest absolute Gasteiger partial charge is 0.256 e. The number of para-hydroxylation sites is 3. The number of aryl methyl sites for hydroxylation is 1. The quantitative estimate of drug-likeness (QED) is 0.545. The summed E-state index contributed by atoms with van der Waals surface area (Å²) in [6.07, 6.45) is 0. The van der Waals surface area contributed by atoms with Gasteiger partial charge >= 0.3 is 0 Å². The largest absolute Gasteiger partial charge is 0.455 e. The molecule has 0 atom stereocenters. The minimum absolute atomic E-state index is 0.146. The fraction of sp³-hybridized carbons (Fsp3) is 0.0500. The minimum Gasteiger partial charge on any atom is -0.455 e. The van der Waals surface area contributed by atoms with Crippen LogP contribution in [0.1, 0.15) is 15.9 Å². The second kappa shape index (κ2) is 7.49. The van der Waals surface area contributed by atoms with Gasteiger partial charge in [0.2, 0.25) is 0 Å². The Morgan fingerprint density at radius 3 is 2.42 bits per heavy atom. The van der Waals surface area contributed by atoms with Crippen LogP contribution < -0.4 is 10.1 Å². The van der Waals surface area contributed by atoms with Gasteiger partial charge < -0.3 is 10.1 Å². The number of hydrogen-bond acceptors (Lipinski definition) is 2. The summed E-state index contributed by atoms with van der Waals surface area (Å²) in [5.74, 6) is 1.19. The van der Waals surface area contributed by atoms with E-state index in [9.17, 15) is 4.79 Å². The second-order valence-electron chi connectivity index (χ2n) is 5.30. The molecule has 3 nitrogen and oxygen atoms in total. The highest BCUT2D eigenvalue weighted by atomic mass is 127. The van der Waals surface area contributed by atoms with Crippen molar-refractivity contribution < 1.29 is 9.53 Å². The number of benzene rings is 3. The van der Waals surface area contributed by atoms with Crippen LogP contribution in [0.25, 0.3) is 0 Å². The summed E-state index contributed by atoms with van der Waals surface area (Å²) in [4.78, 5) is 12.6. The Bertz CT molecular complexity index is 863. The van der Waals surface area contributed by atoms with Gasteiger partial charge in [0.25, 0.3) is 5.91 Å². The van der Waals surface area contributed by atoms with E-state index >= 15 is 0 Å². The maximum Gasteiger partial charge on any atom is 0.256 e. The van der Waals surface area contributed by atoms with Gasteiger partial charge in [-0.05, 0) is 65.4 Å². The van der Waals surface area contributed by atoms with E-state index in [1.165, 1.54) is 0 Å². The molecule has 0 heterocycles. The molecule has 3 aromatic carbocycles. The van der Waals surface area contributed by atoms with Gasteiger partial charge in [0, 0.05) is 3.57 Å². The van der Waals surface area contributed by atoms with Crippen LogP contribution in [0.4, 0.5) is 5.69 Å². The molecule has 0 aliphatic rings. The Hall–Kier alpha value is -2.34. The van der Waals surface area contributed by atoms with Crippen molar-refractivity contribution >= 4 is 34.2 Å². The molecule has 4 heteroatoms. The highest BCUT2D eigenvalue weighted by Crippen LogP contribution is 2.30. The van der Waals surface area contributed by atoms with E-state index in [0.717, 1.165) is 14.9 Å². The van der Waals surface area contributed by atoms with E-state index in [2.05, 4.69) is 27.9 Å². The van der Waals surface area contributed by atoms with E-state index in [4.69, 9.17) is 4.74 Å². The predicted molar refractivity (Wildman–Crippen MR) is 105 cm³/mol. The van der Waals surface area contributed by atoms with Gasteiger partial charge in [0.1, 0.15) is 5.75 Å². The molecular weight excluding hydrogens is 413 g/mol. The number of carbonyl (C=O) groups excluding carboxylic acids is 1. The Labute approximate surface area is 154 Å². The normalized spacial score (nSPS) is 10.2. The molecule has 120 valence electrons. The number of anilines is 1. The standard InChI is InChI=1S/C20H16INO2/c1-14-8-7-11-16(19(14)21)20(23)22-17-12-5-6-13-18(17)24-15-9-3-2-4-10-15/h2-13H,1H3,(H,22,23). The zero-order chi connectivity index (χ0) is 16.9. The molecule has 3 rings (SSSR count). The third-order valence-corrected chi connectivity index (χ3v) is 4.97. The lowest BCUT2D eigenvalue weighted by molar-refractivity contribution is 0.102. The van der Waals surface area contributed by atoms with Crippen molar-refractivity contribution in [1.82, 2.24) is 0 Å². The van der Waals surface area contributed by atoms with Crippen LogP contribution >= 0.6 is 22.6 Å². The van der Waals surface area contributed by atoms with Crippen molar-refractivity contribution in [2.45, 2.75) is 6.92 Å². The van der Waals surface area contributed by atoms with Crippen LogP contribution in [0.5, 0.6) is 11.5 Å².